The number of nitrogens with zero attached hydrogens (tertiary/aromatic N) is 2. The molecule has 0 aliphatic carbocycles. The molecule has 2 rings (SSSR count). The molecule has 0 atom stereocenters. The number of benzene rings is 2. The van der Waals surface area contributed by atoms with E-state index >= 15 is 0 Å². The molecule has 0 spiro atoms. The predicted molar refractivity (Wildman–Crippen MR) is 102 cm³/mol. The summed E-state index contributed by atoms with van der Waals surface area (Å²) in [5.74, 6) is -1.30. The molecule has 0 unspecified atom stereocenters. The molecule has 142 valence electrons. The van der Waals surface area contributed by atoms with Crippen molar-refractivity contribution < 1.29 is 19.2 Å². The third kappa shape index (κ3) is 5.04. The standard InChI is InChI=1S/C19H21N3O5/c1-12-5-6-13(2)15(9-12)20-18(23)11-27-19(24)14-7-8-16(21(3)4)17(10-14)22(25)26/h5-10H,11H2,1-4H3,(H,20,23). The van der Waals surface area contributed by atoms with Crippen LogP contribution in [-0.4, -0.2) is 37.5 Å². The van der Waals surface area contributed by atoms with Crippen LogP contribution in [0, 0.1) is 24.0 Å². The maximum atomic E-state index is 12.1. The molecule has 0 fully saturated rings. The first-order valence-electron chi connectivity index (χ1n) is 8.19. The van der Waals surface area contributed by atoms with Gasteiger partial charge in [-0.2, -0.15) is 0 Å². The lowest BCUT2D eigenvalue weighted by atomic mass is 10.1. The van der Waals surface area contributed by atoms with Crippen molar-refractivity contribution in [3.8, 4) is 0 Å². The highest BCUT2D eigenvalue weighted by Crippen LogP contribution is 2.28. The lowest BCUT2D eigenvalue weighted by Crippen LogP contribution is -2.21. The summed E-state index contributed by atoms with van der Waals surface area (Å²) in [5, 5.41) is 13.9. The fourth-order valence-electron chi connectivity index (χ4n) is 2.45. The molecule has 0 aliphatic rings. The van der Waals surface area contributed by atoms with Crippen LogP contribution in [0.25, 0.3) is 0 Å². The Labute approximate surface area is 156 Å². The van der Waals surface area contributed by atoms with Crippen molar-refractivity contribution in [2.45, 2.75) is 13.8 Å². The maximum absolute atomic E-state index is 12.1. The van der Waals surface area contributed by atoms with Crippen molar-refractivity contribution in [2.24, 2.45) is 0 Å². The van der Waals surface area contributed by atoms with E-state index in [9.17, 15) is 19.7 Å². The number of ether oxygens (including phenoxy) is 1. The molecule has 0 bridgehead atoms. The van der Waals surface area contributed by atoms with E-state index in [4.69, 9.17) is 4.74 Å². The second-order valence-electron chi connectivity index (χ2n) is 6.30. The van der Waals surface area contributed by atoms with Gasteiger partial charge in [-0.05, 0) is 43.2 Å². The Balaban J connectivity index is 2.05. The molecular formula is C19H21N3O5. The minimum atomic E-state index is -0.806. The Bertz CT molecular complexity index is 893. The van der Waals surface area contributed by atoms with Gasteiger partial charge in [0.25, 0.3) is 11.6 Å². The van der Waals surface area contributed by atoms with E-state index in [-0.39, 0.29) is 11.3 Å². The lowest BCUT2D eigenvalue weighted by Gasteiger charge is -2.13. The van der Waals surface area contributed by atoms with Gasteiger partial charge < -0.3 is 15.0 Å². The van der Waals surface area contributed by atoms with Crippen molar-refractivity contribution in [1.82, 2.24) is 0 Å². The van der Waals surface area contributed by atoms with Gasteiger partial charge in [0.15, 0.2) is 6.61 Å². The number of esters is 1. The minimum Gasteiger partial charge on any atom is -0.452 e. The van der Waals surface area contributed by atoms with Crippen LogP contribution in [0.15, 0.2) is 36.4 Å². The number of hydrogen-bond acceptors (Lipinski definition) is 6. The van der Waals surface area contributed by atoms with E-state index in [0.29, 0.717) is 11.4 Å². The number of rotatable bonds is 6. The fourth-order valence-corrected chi connectivity index (χ4v) is 2.45. The number of carbonyl (C=O) groups excluding carboxylic acids is 2. The SMILES string of the molecule is Cc1ccc(C)c(NC(=O)COC(=O)c2ccc(N(C)C)c([N+](=O)[O-])c2)c1. The normalized spacial score (nSPS) is 10.2. The summed E-state index contributed by atoms with van der Waals surface area (Å²) < 4.78 is 4.98. The zero-order valence-electron chi connectivity index (χ0n) is 15.6. The van der Waals surface area contributed by atoms with E-state index in [2.05, 4.69) is 5.32 Å². The maximum Gasteiger partial charge on any atom is 0.338 e. The number of nitrogens with one attached hydrogen (secondary N) is 1. The van der Waals surface area contributed by atoms with E-state index in [1.165, 1.54) is 12.1 Å². The van der Waals surface area contributed by atoms with Crippen LogP contribution in [0.5, 0.6) is 0 Å². The number of carbonyl (C=O) groups is 2. The summed E-state index contributed by atoms with van der Waals surface area (Å²) >= 11 is 0. The highest BCUT2D eigenvalue weighted by Gasteiger charge is 2.20. The molecule has 2 aromatic carbocycles. The predicted octanol–water partition coefficient (Wildman–Crippen LogP) is 3.07. The van der Waals surface area contributed by atoms with Gasteiger partial charge in [-0.25, -0.2) is 4.79 Å². The topological polar surface area (TPSA) is 102 Å². The van der Waals surface area contributed by atoms with Gasteiger partial charge in [-0.1, -0.05) is 12.1 Å². The van der Waals surface area contributed by atoms with Gasteiger partial charge >= 0.3 is 5.97 Å². The summed E-state index contributed by atoms with van der Waals surface area (Å²) in [6.45, 7) is 3.27. The van der Waals surface area contributed by atoms with E-state index in [1.54, 1.807) is 19.0 Å². The van der Waals surface area contributed by atoms with Crippen LogP contribution in [0.1, 0.15) is 21.5 Å². The summed E-state index contributed by atoms with van der Waals surface area (Å²) in [5.41, 5.74) is 2.67. The second-order valence-corrected chi connectivity index (χ2v) is 6.30. The highest BCUT2D eigenvalue weighted by atomic mass is 16.6. The Morgan fingerprint density at radius 2 is 1.85 bits per heavy atom. The number of aryl methyl sites for hydroxylation is 2. The van der Waals surface area contributed by atoms with Crippen LogP contribution in [0.2, 0.25) is 0 Å². The van der Waals surface area contributed by atoms with Crippen molar-refractivity contribution in [1.29, 1.82) is 0 Å². The first-order chi connectivity index (χ1) is 12.7. The summed E-state index contributed by atoms with van der Waals surface area (Å²) in [6, 6.07) is 9.65. The van der Waals surface area contributed by atoms with Crippen LogP contribution >= 0.6 is 0 Å². The van der Waals surface area contributed by atoms with E-state index < -0.39 is 23.4 Å². The fraction of sp³-hybridized carbons (Fsp3) is 0.263. The Hall–Kier alpha value is -3.42. The Morgan fingerprint density at radius 1 is 1.15 bits per heavy atom. The van der Waals surface area contributed by atoms with Gasteiger partial charge in [0, 0.05) is 25.8 Å². The quantitative estimate of drug-likeness (QED) is 0.476. The molecule has 1 N–H and O–H groups in total. The molecule has 0 saturated heterocycles. The molecule has 0 heterocycles. The number of hydrogen-bond donors (Lipinski definition) is 1. The molecule has 2 aromatic rings. The zero-order valence-corrected chi connectivity index (χ0v) is 15.6. The van der Waals surface area contributed by atoms with Crippen molar-refractivity contribution in [2.75, 3.05) is 30.9 Å². The van der Waals surface area contributed by atoms with E-state index in [0.717, 1.165) is 17.2 Å². The first kappa shape index (κ1) is 19.9. The van der Waals surface area contributed by atoms with Crippen LogP contribution in [-0.2, 0) is 9.53 Å². The number of anilines is 2. The Kier molecular flexibility index (Phi) is 6.12. The summed E-state index contributed by atoms with van der Waals surface area (Å²) in [4.78, 5) is 36.4. The number of nitro benzene ring substituents is 1. The molecule has 0 radical (unpaired) electrons. The van der Waals surface area contributed by atoms with Crippen LogP contribution < -0.4 is 10.2 Å². The molecule has 1 amide bonds. The van der Waals surface area contributed by atoms with Gasteiger partial charge in [-0.3, -0.25) is 14.9 Å². The first-order valence-corrected chi connectivity index (χ1v) is 8.19. The molecule has 0 saturated carbocycles. The van der Waals surface area contributed by atoms with Crippen LogP contribution in [0.4, 0.5) is 17.1 Å². The van der Waals surface area contributed by atoms with Crippen molar-refractivity contribution in [3.63, 3.8) is 0 Å². The van der Waals surface area contributed by atoms with Gasteiger partial charge in [0.05, 0.1) is 10.5 Å². The largest absolute Gasteiger partial charge is 0.452 e. The molecule has 8 heteroatoms. The molecular weight excluding hydrogens is 350 g/mol. The highest BCUT2D eigenvalue weighted by molar-refractivity contribution is 5.96. The molecule has 8 nitrogen and oxygen atoms in total. The lowest BCUT2D eigenvalue weighted by molar-refractivity contribution is -0.384. The van der Waals surface area contributed by atoms with Gasteiger partial charge in [-0.15, -0.1) is 0 Å². The molecule has 0 aliphatic heterocycles. The number of amides is 1. The third-order valence-electron chi connectivity index (χ3n) is 3.89. The zero-order chi connectivity index (χ0) is 20.1. The average Bonchev–Trinajstić information content (AvgIpc) is 2.62. The summed E-state index contributed by atoms with van der Waals surface area (Å²) in [6.07, 6.45) is 0. The molecule has 27 heavy (non-hydrogen) atoms. The molecule has 0 aromatic heterocycles. The summed E-state index contributed by atoms with van der Waals surface area (Å²) in [7, 11) is 3.33. The average molecular weight is 371 g/mol. The minimum absolute atomic E-state index is 0.00633. The van der Waals surface area contributed by atoms with Crippen molar-refractivity contribution in [3.05, 3.63) is 63.2 Å². The third-order valence-corrected chi connectivity index (χ3v) is 3.89. The second kappa shape index (κ2) is 8.31. The van der Waals surface area contributed by atoms with E-state index in [1.807, 2.05) is 32.0 Å². The smallest absolute Gasteiger partial charge is 0.338 e. The van der Waals surface area contributed by atoms with Gasteiger partial charge in [0.1, 0.15) is 5.69 Å². The van der Waals surface area contributed by atoms with Crippen molar-refractivity contribution >= 4 is 28.9 Å². The van der Waals surface area contributed by atoms with Crippen LogP contribution in [0.3, 0.4) is 0 Å². The monoisotopic (exact) mass is 371 g/mol. The van der Waals surface area contributed by atoms with Gasteiger partial charge in [0.2, 0.25) is 0 Å². The Morgan fingerprint density at radius 3 is 2.48 bits per heavy atom. The number of nitro groups is 1.